The molecule has 2 spiro atoms. The zero-order valence-electron chi connectivity index (χ0n) is 22.7. The molecule has 2 aromatic rings. The van der Waals surface area contributed by atoms with Crippen LogP contribution in [0.2, 0.25) is 0 Å². The number of hydrogen-bond donors (Lipinski definition) is 2. The number of nitrogens with one attached hydrogen (secondary N) is 2. The molecule has 0 unspecified atom stereocenters. The van der Waals surface area contributed by atoms with Gasteiger partial charge in [-0.25, -0.2) is 0 Å². The minimum absolute atomic E-state index is 0.131. The van der Waals surface area contributed by atoms with E-state index in [-0.39, 0.29) is 23.1 Å². The number of hydrogen-bond acceptors (Lipinski definition) is 6. The highest BCUT2D eigenvalue weighted by atomic mass is 16.2. The van der Waals surface area contributed by atoms with Gasteiger partial charge in [-0.2, -0.15) is 0 Å². The van der Waals surface area contributed by atoms with Crippen molar-refractivity contribution in [1.29, 1.82) is 0 Å². The first kappa shape index (κ1) is 25.5. The molecule has 0 saturated carbocycles. The number of amides is 2. The third-order valence-electron chi connectivity index (χ3n) is 9.23. The third kappa shape index (κ3) is 4.86. The molecule has 202 valence electrons. The highest BCUT2D eigenvalue weighted by Gasteiger charge is 2.47. The Morgan fingerprint density at radius 2 is 1.32 bits per heavy atom. The lowest BCUT2D eigenvalue weighted by atomic mass is 9.94. The van der Waals surface area contributed by atoms with Crippen molar-refractivity contribution in [2.24, 2.45) is 0 Å². The van der Waals surface area contributed by atoms with Crippen molar-refractivity contribution < 1.29 is 9.59 Å². The van der Waals surface area contributed by atoms with Crippen LogP contribution >= 0.6 is 0 Å². The molecule has 8 heteroatoms. The first-order valence-corrected chi connectivity index (χ1v) is 14.0. The van der Waals surface area contributed by atoms with E-state index in [1.807, 2.05) is 0 Å². The Hall–Kier alpha value is -2.78. The molecule has 6 rings (SSSR count). The van der Waals surface area contributed by atoms with Gasteiger partial charge in [0.05, 0.1) is 24.4 Å². The fraction of sp³-hybridized carbons (Fsp3) is 0.533. The van der Waals surface area contributed by atoms with Crippen molar-refractivity contribution in [1.82, 2.24) is 30.2 Å². The lowest BCUT2D eigenvalue weighted by molar-refractivity contribution is -0.132. The Bertz CT molecular complexity index is 1200. The second kappa shape index (κ2) is 10.1. The van der Waals surface area contributed by atoms with Gasteiger partial charge in [-0.3, -0.25) is 19.8 Å². The monoisotopic (exact) mass is 516 g/mol. The van der Waals surface area contributed by atoms with Crippen molar-refractivity contribution >= 4 is 11.8 Å². The molecule has 0 aromatic heterocycles. The van der Waals surface area contributed by atoms with Crippen LogP contribution in [0.1, 0.15) is 36.8 Å². The summed E-state index contributed by atoms with van der Waals surface area (Å²) in [6.07, 6.45) is 3.84. The van der Waals surface area contributed by atoms with Gasteiger partial charge in [0.1, 0.15) is 0 Å². The number of likely N-dealkylation sites (tertiary alicyclic amines) is 2. The van der Waals surface area contributed by atoms with Crippen LogP contribution in [0.15, 0.2) is 48.5 Å². The molecule has 2 N–H and O–H groups in total. The molecule has 2 aromatic carbocycles. The number of nitrogens with zero attached hydrogens (tertiary/aromatic N) is 4. The Morgan fingerprint density at radius 1 is 0.763 bits per heavy atom. The van der Waals surface area contributed by atoms with E-state index in [0.717, 1.165) is 69.5 Å². The molecule has 0 radical (unpaired) electrons. The molecule has 8 nitrogen and oxygen atoms in total. The van der Waals surface area contributed by atoms with Crippen LogP contribution in [0.4, 0.5) is 0 Å². The molecule has 4 saturated heterocycles. The maximum atomic E-state index is 12.9. The van der Waals surface area contributed by atoms with Gasteiger partial charge in [0, 0.05) is 39.3 Å². The summed E-state index contributed by atoms with van der Waals surface area (Å²) < 4.78 is 0. The van der Waals surface area contributed by atoms with Crippen LogP contribution in [0.3, 0.4) is 0 Å². The zero-order valence-corrected chi connectivity index (χ0v) is 22.7. The maximum Gasteiger partial charge on any atom is 0.238 e. The molecule has 0 bridgehead atoms. The third-order valence-corrected chi connectivity index (χ3v) is 9.23. The SMILES string of the molecule is CN1CCC2(CC1)NC(=O)CN2Cc1cccc(-c2cccc(CN3C(=O)CNC34CCN(C)CC4)c2)c1. The van der Waals surface area contributed by atoms with E-state index in [0.29, 0.717) is 19.6 Å². The van der Waals surface area contributed by atoms with E-state index in [4.69, 9.17) is 0 Å². The van der Waals surface area contributed by atoms with Crippen molar-refractivity contribution in [3.05, 3.63) is 59.7 Å². The van der Waals surface area contributed by atoms with Crippen molar-refractivity contribution in [3.8, 4) is 11.1 Å². The van der Waals surface area contributed by atoms with Gasteiger partial charge in [-0.1, -0.05) is 36.4 Å². The van der Waals surface area contributed by atoms with Gasteiger partial charge in [-0.15, -0.1) is 0 Å². The molecular weight excluding hydrogens is 476 g/mol. The van der Waals surface area contributed by atoms with Crippen LogP contribution in [0.5, 0.6) is 0 Å². The van der Waals surface area contributed by atoms with Crippen LogP contribution < -0.4 is 10.6 Å². The minimum Gasteiger partial charge on any atom is -0.337 e. The molecule has 0 atom stereocenters. The minimum atomic E-state index is -0.223. The van der Waals surface area contributed by atoms with Gasteiger partial charge >= 0.3 is 0 Å². The second-order valence-electron chi connectivity index (χ2n) is 11.8. The molecule has 4 aliphatic rings. The summed E-state index contributed by atoms with van der Waals surface area (Å²) in [5.74, 6) is 0.324. The summed E-state index contributed by atoms with van der Waals surface area (Å²) in [5.41, 5.74) is 4.26. The van der Waals surface area contributed by atoms with Gasteiger partial charge in [0.2, 0.25) is 11.8 Å². The number of piperidine rings is 2. The largest absolute Gasteiger partial charge is 0.337 e. The normalized spacial score (nSPS) is 24.0. The smallest absolute Gasteiger partial charge is 0.238 e. The molecule has 4 heterocycles. The number of rotatable bonds is 5. The summed E-state index contributed by atoms with van der Waals surface area (Å²) in [6.45, 7) is 6.26. The molecule has 2 amide bonds. The average molecular weight is 517 g/mol. The van der Waals surface area contributed by atoms with Gasteiger partial charge < -0.3 is 20.0 Å². The molecule has 38 heavy (non-hydrogen) atoms. The van der Waals surface area contributed by atoms with E-state index in [2.05, 4.69) is 92.9 Å². The fourth-order valence-electron chi connectivity index (χ4n) is 6.79. The van der Waals surface area contributed by atoms with Gasteiger partial charge in [0.25, 0.3) is 0 Å². The van der Waals surface area contributed by atoms with Crippen LogP contribution in [0, 0.1) is 0 Å². The molecule has 4 fully saturated rings. The molecular formula is C30H40N6O2. The van der Waals surface area contributed by atoms with E-state index in [9.17, 15) is 9.59 Å². The predicted molar refractivity (Wildman–Crippen MR) is 148 cm³/mol. The summed E-state index contributed by atoms with van der Waals surface area (Å²) in [7, 11) is 4.30. The maximum absolute atomic E-state index is 12.9. The summed E-state index contributed by atoms with van der Waals surface area (Å²) in [6, 6.07) is 17.3. The standard InChI is InChI=1S/C30H40N6O2/c1-33-13-9-29(10-14-33)31-19-28(38)36(29)21-24-6-4-8-26(18-24)25-7-3-5-23(17-25)20-35-22-27(37)32-30(35)11-15-34(2)16-12-30/h3-8,17-18,31H,9-16,19-22H2,1-2H3,(H,32,37). The second-order valence-corrected chi connectivity index (χ2v) is 11.8. The lowest BCUT2D eigenvalue weighted by Gasteiger charge is -2.44. The number of carbonyl (C=O) groups is 2. The lowest BCUT2D eigenvalue weighted by Crippen LogP contribution is -2.57. The number of benzene rings is 2. The van der Waals surface area contributed by atoms with Gasteiger partial charge in [0.15, 0.2) is 0 Å². The van der Waals surface area contributed by atoms with E-state index in [1.54, 1.807) is 0 Å². The first-order chi connectivity index (χ1) is 18.3. The van der Waals surface area contributed by atoms with Gasteiger partial charge in [-0.05, 0) is 74.2 Å². The highest BCUT2D eigenvalue weighted by Crippen LogP contribution is 2.33. The summed E-state index contributed by atoms with van der Waals surface area (Å²) in [4.78, 5) is 34.4. The Kier molecular flexibility index (Phi) is 6.76. The van der Waals surface area contributed by atoms with E-state index in [1.165, 1.54) is 11.1 Å². The molecule has 4 aliphatic heterocycles. The summed E-state index contributed by atoms with van der Waals surface area (Å²) in [5, 5.41) is 6.84. The Labute approximate surface area is 225 Å². The van der Waals surface area contributed by atoms with Crippen molar-refractivity contribution in [2.75, 3.05) is 53.4 Å². The fourth-order valence-corrected chi connectivity index (χ4v) is 6.79. The Morgan fingerprint density at radius 3 is 1.92 bits per heavy atom. The predicted octanol–water partition coefficient (Wildman–Crippen LogP) is 2.06. The topological polar surface area (TPSA) is 71.2 Å². The van der Waals surface area contributed by atoms with Crippen LogP contribution in [-0.2, 0) is 22.7 Å². The van der Waals surface area contributed by atoms with E-state index < -0.39 is 0 Å². The highest BCUT2D eigenvalue weighted by molar-refractivity contribution is 5.82. The quantitative estimate of drug-likeness (QED) is 0.634. The molecule has 0 aliphatic carbocycles. The van der Waals surface area contributed by atoms with E-state index >= 15 is 0 Å². The summed E-state index contributed by atoms with van der Waals surface area (Å²) >= 11 is 0. The first-order valence-electron chi connectivity index (χ1n) is 14.0. The van der Waals surface area contributed by atoms with Crippen molar-refractivity contribution in [2.45, 2.75) is 50.1 Å². The number of carbonyl (C=O) groups excluding carboxylic acids is 2. The Balaban J connectivity index is 1.19. The zero-order chi connectivity index (χ0) is 26.3. The van der Waals surface area contributed by atoms with Crippen LogP contribution in [-0.4, -0.2) is 96.1 Å². The average Bonchev–Trinajstić information content (AvgIpc) is 3.39. The van der Waals surface area contributed by atoms with Crippen LogP contribution in [0.25, 0.3) is 11.1 Å². The van der Waals surface area contributed by atoms with Crippen molar-refractivity contribution in [3.63, 3.8) is 0 Å².